The smallest absolute Gasteiger partial charge is 0.475 e. The van der Waals surface area contributed by atoms with Crippen LogP contribution < -0.4 is 11.1 Å². The van der Waals surface area contributed by atoms with Crippen LogP contribution >= 0.6 is 0 Å². The van der Waals surface area contributed by atoms with Crippen molar-refractivity contribution in [1.29, 1.82) is 0 Å². The first-order valence-electron chi connectivity index (χ1n) is 4.25. The molecule has 0 bridgehead atoms. The highest BCUT2D eigenvalue weighted by Gasteiger charge is 2.38. The summed E-state index contributed by atoms with van der Waals surface area (Å²) in [5.41, 5.74) is 5.16. The first kappa shape index (κ1) is 15.7. The van der Waals surface area contributed by atoms with Gasteiger partial charge in [-0.15, -0.1) is 0 Å². The van der Waals surface area contributed by atoms with Gasteiger partial charge in [0.2, 0.25) is 0 Å². The van der Waals surface area contributed by atoms with Gasteiger partial charge in [0.25, 0.3) is 0 Å². The van der Waals surface area contributed by atoms with Gasteiger partial charge in [-0.2, -0.15) is 13.2 Å². The molecule has 0 unspecified atom stereocenters. The van der Waals surface area contributed by atoms with E-state index in [1.807, 2.05) is 0 Å². The Kier molecular flexibility index (Phi) is 5.60. The number of amides is 2. The number of carboxylic acids is 1. The molecule has 18 heavy (non-hydrogen) atoms. The van der Waals surface area contributed by atoms with Gasteiger partial charge in [0, 0.05) is 5.69 Å². The monoisotopic (exact) mass is 268 g/mol. The van der Waals surface area contributed by atoms with E-state index in [1.165, 1.54) is 18.2 Å². The lowest BCUT2D eigenvalue weighted by Crippen LogP contribution is -2.21. The largest absolute Gasteiger partial charge is 0.490 e. The molecule has 1 aromatic carbocycles. The Morgan fingerprint density at radius 3 is 2.11 bits per heavy atom. The molecule has 0 saturated heterocycles. The second-order valence-corrected chi connectivity index (χ2v) is 2.80. The van der Waals surface area contributed by atoms with Crippen LogP contribution in [0.1, 0.15) is 0 Å². The Bertz CT molecular complexity index is 434. The average Bonchev–Trinajstić information content (AvgIpc) is 2.15. The summed E-state index contributed by atoms with van der Waals surface area (Å²) in [6, 6.07) is 4.81. The summed E-state index contributed by atoms with van der Waals surface area (Å²) in [7, 11) is 0. The lowest BCUT2D eigenvalue weighted by molar-refractivity contribution is -0.192. The molecule has 0 radical (unpaired) electrons. The maximum Gasteiger partial charge on any atom is 0.490 e. The molecule has 1 aromatic rings. The van der Waals surface area contributed by atoms with Crippen LogP contribution in [0, 0.1) is 5.82 Å². The standard InChI is InChI=1S/C7H7FN2O.C2HF3O2/c8-5-2-1-3-6(4-5)10-7(9)11;3-2(4,5)1(6)7/h1-4H,(H3,9,10,11);(H,6,7). The molecular weight excluding hydrogens is 260 g/mol. The number of benzene rings is 1. The Hall–Kier alpha value is -2.32. The van der Waals surface area contributed by atoms with E-state index in [2.05, 4.69) is 5.32 Å². The van der Waals surface area contributed by atoms with Gasteiger partial charge in [-0.25, -0.2) is 14.0 Å². The number of hydrogen-bond acceptors (Lipinski definition) is 2. The number of anilines is 1. The fourth-order valence-electron chi connectivity index (χ4n) is 0.708. The van der Waals surface area contributed by atoms with Crippen LogP contribution in [0.3, 0.4) is 0 Å². The Morgan fingerprint density at radius 1 is 1.28 bits per heavy atom. The van der Waals surface area contributed by atoms with Gasteiger partial charge in [-0.3, -0.25) is 0 Å². The van der Waals surface area contributed by atoms with Gasteiger partial charge < -0.3 is 16.2 Å². The third kappa shape index (κ3) is 7.04. The molecule has 0 aliphatic heterocycles. The second-order valence-electron chi connectivity index (χ2n) is 2.80. The number of carbonyl (C=O) groups is 2. The van der Waals surface area contributed by atoms with Crippen LogP contribution in [0.5, 0.6) is 0 Å². The molecule has 100 valence electrons. The molecule has 0 fully saturated rings. The summed E-state index contributed by atoms with van der Waals surface area (Å²) >= 11 is 0. The van der Waals surface area contributed by atoms with E-state index in [4.69, 9.17) is 15.6 Å². The van der Waals surface area contributed by atoms with Crippen molar-refractivity contribution in [2.24, 2.45) is 5.73 Å². The number of halogens is 4. The summed E-state index contributed by atoms with van der Waals surface area (Å²) in [6.45, 7) is 0. The van der Waals surface area contributed by atoms with Gasteiger partial charge in [0.1, 0.15) is 5.82 Å². The topological polar surface area (TPSA) is 92.4 Å². The van der Waals surface area contributed by atoms with Gasteiger partial charge in [0.05, 0.1) is 0 Å². The summed E-state index contributed by atoms with van der Waals surface area (Å²) in [5, 5.41) is 9.37. The van der Waals surface area contributed by atoms with E-state index >= 15 is 0 Å². The molecular formula is C9H8F4N2O3. The van der Waals surface area contributed by atoms with Crippen molar-refractivity contribution in [2.45, 2.75) is 6.18 Å². The predicted molar refractivity (Wildman–Crippen MR) is 53.3 cm³/mol. The lowest BCUT2D eigenvalue weighted by atomic mass is 10.3. The summed E-state index contributed by atoms with van der Waals surface area (Å²) in [4.78, 5) is 19.2. The second kappa shape index (κ2) is 6.42. The van der Waals surface area contributed by atoms with E-state index in [9.17, 15) is 22.4 Å². The molecule has 0 aromatic heterocycles. The van der Waals surface area contributed by atoms with E-state index in [0.29, 0.717) is 5.69 Å². The highest BCUT2D eigenvalue weighted by molar-refractivity contribution is 5.87. The number of carboxylic acid groups (broad SMARTS) is 1. The van der Waals surface area contributed by atoms with Crippen molar-refractivity contribution in [3.8, 4) is 0 Å². The summed E-state index contributed by atoms with van der Waals surface area (Å²) in [6.07, 6.45) is -5.08. The van der Waals surface area contributed by atoms with E-state index in [-0.39, 0.29) is 0 Å². The van der Waals surface area contributed by atoms with E-state index in [0.717, 1.165) is 0 Å². The van der Waals surface area contributed by atoms with Crippen LogP contribution in [0.4, 0.5) is 28.0 Å². The zero-order chi connectivity index (χ0) is 14.3. The summed E-state index contributed by atoms with van der Waals surface area (Å²) < 4.78 is 44.2. The Morgan fingerprint density at radius 2 is 1.78 bits per heavy atom. The van der Waals surface area contributed by atoms with Crippen molar-refractivity contribution in [2.75, 3.05) is 5.32 Å². The van der Waals surface area contributed by atoms with Crippen molar-refractivity contribution < 1.29 is 32.3 Å². The van der Waals surface area contributed by atoms with E-state index < -0.39 is 24.0 Å². The maximum atomic E-state index is 12.4. The first-order valence-corrected chi connectivity index (χ1v) is 4.25. The first-order chi connectivity index (χ1) is 8.12. The van der Waals surface area contributed by atoms with Crippen molar-refractivity contribution in [3.63, 3.8) is 0 Å². The zero-order valence-electron chi connectivity index (χ0n) is 8.66. The fourth-order valence-corrected chi connectivity index (χ4v) is 0.708. The highest BCUT2D eigenvalue weighted by atomic mass is 19.4. The van der Waals surface area contributed by atoms with Crippen LogP contribution in [0.2, 0.25) is 0 Å². The summed E-state index contributed by atoms with van der Waals surface area (Å²) in [5.74, 6) is -3.16. The Labute approximate surface area is 98.2 Å². The van der Waals surface area contributed by atoms with Crippen LogP contribution in [0.25, 0.3) is 0 Å². The molecule has 5 nitrogen and oxygen atoms in total. The normalized spacial score (nSPS) is 10.0. The molecule has 0 aliphatic rings. The number of hydrogen-bond donors (Lipinski definition) is 3. The van der Waals surface area contributed by atoms with Gasteiger partial charge in [-0.05, 0) is 18.2 Å². The van der Waals surface area contributed by atoms with Crippen LogP contribution in [-0.4, -0.2) is 23.3 Å². The van der Waals surface area contributed by atoms with Crippen molar-refractivity contribution in [1.82, 2.24) is 0 Å². The lowest BCUT2D eigenvalue weighted by Gasteiger charge is -1.99. The van der Waals surface area contributed by atoms with Crippen LogP contribution in [0.15, 0.2) is 24.3 Å². The minimum Gasteiger partial charge on any atom is -0.475 e. The van der Waals surface area contributed by atoms with Gasteiger partial charge >= 0.3 is 18.2 Å². The fraction of sp³-hybridized carbons (Fsp3) is 0.111. The molecule has 0 aliphatic carbocycles. The minimum absolute atomic E-state index is 0.359. The molecule has 0 heterocycles. The molecule has 0 atom stereocenters. The molecule has 2 amide bonds. The number of alkyl halides is 3. The number of aliphatic carboxylic acids is 1. The number of rotatable bonds is 1. The average molecular weight is 268 g/mol. The van der Waals surface area contributed by atoms with Gasteiger partial charge in [-0.1, -0.05) is 6.07 Å². The zero-order valence-corrected chi connectivity index (χ0v) is 8.66. The maximum absolute atomic E-state index is 12.4. The SMILES string of the molecule is NC(=O)Nc1cccc(F)c1.O=C(O)C(F)(F)F. The van der Waals surface area contributed by atoms with Crippen LogP contribution in [-0.2, 0) is 4.79 Å². The number of primary amides is 1. The molecule has 0 spiro atoms. The number of urea groups is 1. The predicted octanol–water partition coefficient (Wildman–Crippen LogP) is 1.95. The minimum atomic E-state index is -5.08. The van der Waals surface area contributed by atoms with E-state index in [1.54, 1.807) is 6.07 Å². The molecule has 9 heteroatoms. The third-order valence-electron chi connectivity index (χ3n) is 1.33. The number of nitrogens with two attached hydrogens (primary N) is 1. The quantitative estimate of drug-likeness (QED) is 0.679. The van der Waals surface area contributed by atoms with Gasteiger partial charge in [0.15, 0.2) is 0 Å². The highest BCUT2D eigenvalue weighted by Crippen LogP contribution is 2.13. The van der Waals surface area contributed by atoms with Crippen molar-refractivity contribution in [3.05, 3.63) is 30.1 Å². The molecule has 0 saturated carbocycles. The third-order valence-corrected chi connectivity index (χ3v) is 1.33. The molecule has 4 N–H and O–H groups in total. The Balaban J connectivity index is 0.000000360. The van der Waals surface area contributed by atoms with Crippen molar-refractivity contribution >= 4 is 17.7 Å². The molecule has 1 rings (SSSR count). The number of carbonyl (C=O) groups excluding carboxylic acids is 1. The number of nitrogens with one attached hydrogen (secondary N) is 1.